The monoisotopic (exact) mass is 294 g/mol. The van der Waals surface area contributed by atoms with Gasteiger partial charge in [0.15, 0.2) is 0 Å². The van der Waals surface area contributed by atoms with Gasteiger partial charge < -0.3 is 5.32 Å². The number of thiazole rings is 1. The molecule has 102 valence electrons. The molecule has 0 aliphatic carbocycles. The van der Waals surface area contributed by atoms with Crippen LogP contribution in [0.25, 0.3) is 0 Å². The third-order valence-electron chi connectivity index (χ3n) is 3.11. The molecule has 0 radical (unpaired) electrons. The van der Waals surface area contributed by atoms with Crippen LogP contribution in [0.1, 0.15) is 35.5 Å². The van der Waals surface area contributed by atoms with Gasteiger partial charge in [-0.15, -0.1) is 11.3 Å². The van der Waals surface area contributed by atoms with Gasteiger partial charge in [-0.25, -0.2) is 4.98 Å². The highest BCUT2D eigenvalue weighted by atomic mass is 35.5. The number of halogens is 1. The maximum atomic E-state index is 6.04. The minimum atomic E-state index is 0.309. The van der Waals surface area contributed by atoms with E-state index in [-0.39, 0.29) is 0 Å². The van der Waals surface area contributed by atoms with Gasteiger partial charge in [-0.1, -0.05) is 24.6 Å². The molecule has 1 heterocycles. The zero-order valence-electron chi connectivity index (χ0n) is 11.3. The summed E-state index contributed by atoms with van der Waals surface area (Å²) in [5.41, 5.74) is 2.55. The minimum Gasteiger partial charge on any atom is -0.310 e. The van der Waals surface area contributed by atoms with E-state index in [0.717, 1.165) is 24.4 Å². The van der Waals surface area contributed by atoms with Crippen molar-refractivity contribution in [2.45, 2.75) is 32.7 Å². The Labute approximate surface area is 123 Å². The molecule has 0 saturated heterocycles. The zero-order chi connectivity index (χ0) is 13.7. The summed E-state index contributed by atoms with van der Waals surface area (Å²) in [7, 11) is 0. The number of aromatic nitrogens is 1. The molecule has 4 heteroatoms. The highest BCUT2D eigenvalue weighted by Gasteiger charge is 2.15. The Kier molecular flexibility index (Phi) is 5.37. The fraction of sp³-hybridized carbons (Fsp3) is 0.400. The molecule has 2 aromatic rings. The normalized spacial score (nSPS) is 12.6. The van der Waals surface area contributed by atoms with Crippen molar-refractivity contribution in [1.29, 1.82) is 0 Å². The number of aryl methyl sites for hydroxylation is 1. The lowest BCUT2D eigenvalue weighted by molar-refractivity contribution is 0.526. The third-order valence-corrected chi connectivity index (χ3v) is 4.15. The van der Waals surface area contributed by atoms with E-state index >= 15 is 0 Å². The van der Waals surface area contributed by atoms with Crippen molar-refractivity contribution in [2.24, 2.45) is 0 Å². The van der Waals surface area contributed by atoms with Crippen LogP contribution in [0.3, 0.4) is 0 Å². The predicted octanol–water partition coefficient (Wildman–Crippen LogP) is 4.39. The SMILES string of the molecule is CCCNC(Cc1nccs1)c1ccc(Cl)cc1C. The van der Waals surface area contributed by atoms with Crippen molar-refractivity contribution in [2.75, 3.05) is 6.54 Å². The van der Waals surface area contributed by atoms with Crippen LogP contribution in [0.15, 0.2) is 29.8 Å². The average Bonchev–Trinajstić information content (AvgIpc) is 2.88. The lowest BCUT2D eigenvalue weighted by atomic mass is 9.99. The summed E-state index contributed by atoms with van der Waals surface area (Å²) in [5.74, 6) is 0. The topological polar surface area (TPSA) is 24.9 Å². The van der Waals surface area contributed by atoms with Gasteiger partial charge in [-0.2, -0.15) is 0 Å². The van der Waals surface area contributed by atoms with E-state index in [1.54, 1.807) is 11.3 Å². The fourth-order valence-electron chi connectivity index (χ4n) is 2.17. The zero-order valence-corrected chi connectivity index (χ0v) is 12.9. The second kappa shape index (κ2) is 7.04. The first kappa shape index (κ1) is 14.5. The van der Waals surface area contributed by atoms with E-state index < -0.39 is 0 Å². The molecule has 0 aliphatic rings. The Morgan fingerprint density at radius 1 is 1.42 bits per heavy atom. The van der Waals surface area contributed by atoms with Crippen molar-refractivity contribution in [3.05, 3.63) is 50.9 Å². The van der Waals surface area contributed by atoms with E-state index in [9.17, 15) is 0 Å². The van der Waals surface area contributed by atoms with Gasteiger partial charge in [0.2, 0.25) is 0 Å². The van der Waals surface area contributed by atoms with Gasteiger partial charge in [-0.3, -0.25) is 0 Å². The van der Waals surface area contributed by atoms with Crippen molar-refractivity contribution < 1.29 is 0 Å². The van der Waals surface area contributed by atoms with Crippen LogP contribution in [-0.2, 0) is 6.42 Å². The summed E-state index contributed by atoms with van der Waals surface area (Å²) in [6, 6.07) is 6.42. The number of hydrogen-bond donors (Lipinski definition) is 1. The van der Waals surface area contributed by atoms with Crippen LogP contribution < -0.4 is 5.32 Å². The number of rotatable bonds is 6. The molecule has 1 unspecified atom stereocenters. The lowest BCUT2D eigenvalue weighted by Gasteiger charge is -2.20. The molecule has 2 rings (SSSR count). The molecule has 2 nitrogen and oxygen atoms in total. The molecule has 19 heavy (non-hydrogen) atoms. The Bertz CT molecular complexity index is 511. The number of nitrogens with zero attached hydrogens (tertiary/aromatic N) is 1. The Balaban J connectivity index is 2.20. The summed E-state index contributed by atoms with van der Waals surface area (Å²) < 4.78 is 0. The largest absolute Gasteiger partial charge is 0.310 e. The summed E-state index contributed by atoms with van der Waals surface area (Å²) in [5, 5.41) is 7.60. The minimum absolute atomic E-state index is 0.309. The molecule has 1 atom stereocenters. The van der Waals surface area contributed by atoms with Crippen molar-refractivity contribution in [3.63, 3.8) is 0 Å². The highest BCUT2D eigenvalue weighted by Crippen LogP contribution is 2.25. The summed E-state index contributed by atoms with van der Waals surface area (Å²) >= 11 is 7.75. The summed E-state index contributed by atoms with van der Waals surface area (Å²) in [6.07, 6.45) is 3.92. The first-order valence-electron chi connectivity index (χ1n) is 6.58. The molecule has 0 bridgehead atoms. The number of nitrogens with one attached hydrogen (secondary N) is 1. The third kappa shape index (κ3) is 4.03. The van der Waals surface area contributed by atoms with Gasteiger partial charge in [0.05, 0.1) is 5.01 Å². The van der Waals surface area contributed by atoms with Gasteiger partial charge in [-0.05, 0) is 43.1 Å². The second-order valence-electron chi connectivity index (χ2n) is 4.64. The molecule has 0 amide bonds. The molecule has 1 aromatic heterocycles. The molecule has 0 saturated carbocycles. The van der Waals surface area contributed by atoms with Crippen LogP contribution in [0.5, 0.6) is 0 Å². The number of hydrogen-bond acceptors (Lipinski definition) is 3. The molecule has 0 aliphatic heterocycles. The van der Waals surface area contributed by atoms with E-state index in [1.165, 1.54) is 16.1 Å². The van der Waals surface area contributed by atoms with Crippen molar-refractivity contribution in [3.8, 4) is 0 Å². The van der Waals surface area contributed by atoms with Crippen LogP contribution in [0.2, 0.25) is 5.02 Å². The van der Waals surface area contributed by atoms with E-state index in [2.05, 4.69) is 30.2 Å². The molecular weight excluding hydrogens is 276 g/mol. The van der Waals surface area contributed by atoms with Gasteiger partial charge in [0.1, 0.15) is 0 Å². The summed E-state index contributed by atoms with van der Waals surface area (Å²) in [4.78, 5) is 4.39. The van der Waals surface area contributed by atoms with Crippen LogP contribution >= 0.6 is 22.9 Å². The predicted molar refractivity (Wildman–Crippen MR) is 83.0 cm³/mol. The van der Waals surface area contributed by atoms with Crippen LogP contribution in [0, 0.1) is 6.92 Å². The van der Waals surface area contributed by atoms with Crippen molar-refractivity contribution in [1.82, 2.24) is 10.3 Å². The number of benzene rings is 1. The fourth-order valence-corrected chi connectivity index (χ4v) is 3.06. The van der Waals surface area contributed by atoms with Crippen LogP contribution in [-0.4, -0.2) is 11.5 Å². The van der Waals surface area contributed by atoms with Gasteiger partial charge in [0.25, 0.3) is 0 Å². The molecule has 0 spiro atoms. The highest BCUT2D eigenvalue weighted by molar-refractivity contribution is 7.09. The second-order valence-corrected chi connectivity index (χ2v) is 6.05. The quantitative estimate of drug-likeness (QED) is 0.855. The maximum Gasteiger partial charge on any atom is 0.0943 e. The average molecular weight is 295 g/mol. The first-order chi connectivity index (χ1) is 9.20. The maximum absolute atomic E-state index is 6.04. The molecule has 1 aromatic carbocycles. The van der Waals surface area contributed by atoms with Crippen LogP contribution in [0.4, 0.5) is 0 Å². The van der Waals surface area contributed by atoms with Gasteiger partial charge >= 0.3 is 0 Å². The van der Waals surface area contributed by atoms with Crippen molar-refractivity contribution >= 4 is 22.9 Å². The molecule has 0 fully saturated rings. The van der Waals surface area contributed by atoms with Gasteiger partial charge in [0, 0.05) is 29.1 Å². The lowest BCUT2D eigenvalue weighted by Crippen LogP contribution is -2.24. The molecule has 1 N–H and O–H groups in total. The summed E-state index contributed by atoms with van der Waals surface area (Å²) in [6.45, 7) is 5.31. The first-order valence-corrected chi connectivity index (χ1v) is 7.84. The molecular formula is C15H19ClN2S. The van der Waals surface area contributed by atoms with E-state index in [0.29, 0.717) is 6.04 Å². The smallest absolute Gasteiger partial charge is 0.0943 e. The standard InChI is InChI=1S/C15H19ClN2S/c1-3-6-17-14(10-15-18-7-8-19-15)13-5-4-12(16)9-11(13)2/h4-5,7-9,14,17H,3,6,10H2,1-2H3. The Morgan fingerprint density at radius 2 is 2.26 bits per heavy atom. The Hall–Kier alpha value is -0.900. The Morgan fingerprint density at radius 3 is 2.89 bits per heavy atom. The van der Waals surface area contributed by atoms with E-state index in [1.807, 2.05) is 23.7 Å². The van der Waals surface area contributed by atoms with E-state index in [4.69, 9.17) is 11.6 Å².